The van der Waals surface area contributed by atoms with Crippen LogP contribution >= 0.6 is 12.2 Å². The molecule has 0 radical (unpaired) electrons. The van der Waals surface area contributed by atoms with Crippen LogP contribution < -0.4 is 5.32 Å². The van der Waals surface area contributed by atoms with Crippen LogP contribution in [0.2, 0.25) is 0 Å². The predicted molar refractivity (Wildman–Crippen MR) is 111 cm³/mol. The van der Waals surface area contributed by atoms with E-state index in [-0.39, 0.29) is 12.1 Å². The first-order valence-electron chi connectivity index (χ1n) is 9.27. The van der Waals surface area contributed by atoms with Gasteiger partial charge in [0.1, 0.15) is 0 Å². The topological polar surface area (TPSA) is 46.0 Å². The number of hydrogen-bond donors (Lipinski definition) is 1. The molecule has 3 aromatic rings. The maximum Gasteiger partial charge on any atom is 0.170 e. The van der Waals surface area contributed by atoms with Crippen LogP contribution in [0.15, 0.2) is 61.1 Å². The molecular formula is C21H23N5S. The number of rotatable bonds is 5. The molecule has 3 aromatic heterocycles. The molecule has 1 aliphatic heterocycles. The van der Waals surface area contributed by atoms with Gasteiger partial charge in [0.2, 0.25) is 0 Å². The molecule has 4 rings (SSSR count). The predicted octanol–water partition coefficient (Wildman–Crippen LogP) is 3.96. The Bertz CT molecular complexity index is 922. The Labute approximate surface area is 165 Å². The fourth-order valence-corrected chi connectivity index (χ4v) is 4.17. The van der Waals surface area contributed by atoms with Crippen LogP contribution in [-0.4, -0.2) is 31.1 Å². The molecule has 0 unspecified atom stereocenters. The normalized spacial score (nSPS) is 19.3. The Morgan fingerprint density at radius 2 is 2.00 bits per heavy atom. The monoisotopic (exact) mass is 377 g/mol. The van der Waals surface area contributed by atoms with E-state index in [1.54, 1.807) is 6.20 Å². The van der Waals surface area contributed by atoms with E-state index in [9.17, 15) is 0 Å². The number of pyridine rings is 2. The van der Waals surface area contributed by atoms with Crippen molar-refractivity contribution in [1.82, 2.24) is 24.8 Å². The van der Waals surface area contributed by atoms with Crippen LogP contribution in [0, 0.1) is 6.92 Å². The van der Waals surface area contributed by atoms with Crippen molar-refractivity contribution in [3.05, 3.63) is 78.1 Å². The lowest BCUT2D eigenvalue weighted by Crippen LogP contribution is -2.31. The summed E-state index contributed by atoms with van der Waals surface area (Å²) in [5, 5.41) is 4.29. The highest BCUT2D eigenvalue weighted by molar-refractivity contribution is 7.80. The van der Waals surface area contributed by atoms with E-state index in [2.05, 4.69) is 62.9 Å². The van der Waals surface area contributed by atoms with E-state index in [1.807, 2.05) is 30.6 Å². The van der Waals surface area contributed by atoms with Gasteiger partial charge in [-0.2, -0.15) is 0 Å². The van der Waals surface area contributed by atoms with Gasteiger partial charge in [0.15, 0.2) is 5.11 Å². The first-order valence-corrected chi connectivity index (χ1v) is 9.68. The summed E-state index contributed by atoms with van der Waals surface area (Å²) in [6, 6.07) is 14.5. The molecule has 27 heavy (non-hydrogen) atoms. The summed E-state index contributed by atoms with van der Waals surface area (Å²) in [5.74, 6) is 0. The van der Waals surface area contributed by atoms with Crippen LogP contribution in [0.3, 0.4) is 0 Å². The molecule has 0 aliphatic carbocycles. The zero-order valence-electron chi connectivity index (χ0n) is 15.5. The van der Waals surface area contributed by atoms with Crippen molar-refractivity contribution in [2.45, 2.75) is 32.4 Å². The van der Waals surface area contributed by atoms with Crippen molar-refractivity contribution >= 4 is 17.3 Å². The molecule has 0 aromatic carbocycles. The zero-order chi connectivity index (χ0) is 18.8. The van der Waals surface area contributed by atoms with Gasteiger partial charge in [-0.15, -0.1) is 0 Å². The first kappa shape index (κ1) is 17.7. The molecule has 2 atom stereocenters. The minimum Gasteiger partial charge on any atom is -0.352 e. The molecule has 138 valence electrons. The van der Waals surface area contributed by atoms with Gasteiger partial charge >= 0.3 is 0 Å². The third-order valence-corrected chi connectivity index (χ3v) is 5.33. The van der Waals surface area contributed by atoms with Crippen molar-refractivity contribution in [2.24, 2.45) is 0 Å². The number of hydrogen-bond acceptors (Lipinski definition) is 3. The molecule has 5 nitrogen and oxygen atoms in total. The average molecular weight is 378 g/mol. The van der Waals surface area contributed by atoms with E-state index < -0.39 is 0 Å². The van der Waals surface area contributed by atoms with Crippen molar-refractivity contribution in [1.29, 1.82) is 0 Å². The van der Waals surface area contributed by atoms with Crippen LogP contribution in [0.25, 0.3) is 5.69 Å². The minimum absolute atomic E-state index is 0.00923. The molecule has 1 saturated heterocycles. The summed E-state index contributed by atoms with van der Waals surface area (Å²) in [5.41, 5.74) is 4.42. The molecule has 0 spiro atoms. The number of aryl methyl sites for hydroxylation is 1. The van der Waals surface area contributed by atoms with E-state index in [1.165, 1.54) is 11.4 Å². The van der Waals surface area contributed by atoms with Crippen molar-refractivity contribution in [2.75, 3.05) is 6.54 Å². The Balaban J connectivity index is 1.85. The number of aromatic nitrogens is 3. The van der Waals surface area contributed by atoms with Crippen LogP contribution in [-0.2, 0) is 0 Å². The van der Waals surface area contributed by atoms with Gasteiger partial charge in [0.05, 0.1) is 29.7 Å². The fraction of sp³-hybridized carbons (Fsp3) is 0.286. The summed E-state index contributed by atoms with van der Waals surface area (Å²) < 4.78 is 2.27. The van der Waals surface area contributed by atoms with Crippen molar-refractivity contribution in [3.8, 4) is 5.69 Å². The third-order valence-electron chi connectivity index (χ3n) is 4.98. The van der Waals surface area contributed by atoms with E-state index in [0.29, 0.717) is 0 Å². The second-order valence-corrected chi connectivity index (χ2v) is 7.15. The van der Waals surface area contributed by atoms with Gasteiger partial charge in [-0.05, 0) is 62.0 Å². The second kappa shape index (κ2) is 7.48. The molecule has 0 bridgehead atoms. The van der Waals surface area contributed by atoms with Crippen LogP contribution in [0.4, 0.5) is 0 Å². The maximum atomic E-state index is 5.69. The van der Waals surface area contributed by atoms with Gasteiger partial charge in [-0.3, -0.25) is 9.97 Å². The molecular weight excluding hydrogens is 354 g/mol. The zero-order valence-corrected chi connectivity index (χ0v) is 16.4. The van der Waals surface area contributed by atoms with Gasteiger partial charge in [-0.25, -0.2) is 0 Å². The van der Waals surface area contributed by atoms with Gasteiger partial charge in [0.25, 0.3) is 0 Å². The smallest absolute Gasteiger partial charge is 0.170 e. The fourth-order valence-electron chi connectivity index (χ4n) is 3.84. The second-order valence-electron chi connectivity index (χ2n) is 6.77. The number of nitrogens with one attached hydrogen (secondary N) is 1. The molecule has 4 heterocycles. The molecule has 6 heteroatoms. The van der Waals surface area contributed by atoms with Crippen molar-refractivity contribution < 1.29 is 0 Å². The standard InChI is InChI=1S/C21H23N5S/c1-3-13-25-20(19(24-21(25)27)17-8-4-5-12-23-17)18-10-9-15(2)26(18)16-7-6-11-22-14-16/h4-12,14,19-20H,3,13H2,1-2H3,(H,24,27)/t19-,20-/m0/s1. The summed E-state index contributed by atoms with van der Waals surface area (Å²) >= 11 is 5.69. The SMILES string of the molecule is CCCN1C(=S)N[C@@H](c2ccccn2)[C@@H]1c1ccc(C)n1-c1cccnc1. The lowest BCUT2D eigenvalue weighted by atomic mass is 10.0. The van der Waals surface area contributed by atoms with E-state index in [4.69, 9.17) is 12.2 Å². The minimum atomic E-state index is 0.00923. The summed E-state index contributed by atoms with van der Waals surface area (Å²) in [7, 11) is 0. The van der Waals surface area contributed by atoms with E-state index in [0.717, 1.165) is 29.5 Å². The summed E-state index contributed by atoms with van der Waals surface area (Å²) in [6.45, 7) is 5.20. The maximum absolute atomic E-state index is 5.69. The van der Waals surface area contributed by atoms with Crippen LogP contribution in [0.1, 0.15) is 42.5 Å². The van der Waals surface area contributed by atoms with Gasteiger partial charge in [-0.1, -0.05) is 13.0 Å². The lowest BCUT2D eigenvalue weighted by molar-refractivity contribution is 0.308. The Morgan fingerprint density at radius 3 is 2.70 bits per heavy atom. The molecule has 1 fully saturated rings. The van der Waals surface area contributed by atoms with Gasteiger partial charge in [0, 0.05) is 30.3 Å². The Morgan fingerprint density at radius 1 is 1.11 bits per heavy atom. The van der Waals surface area contributed by atoms with Crippen molar-refractivity contribution in [3.63, 3.8) is 0 Å². The highest BCUT2D eigenvalue weighted by atomic mass is 32.1. The largest absolute Gasteiger partial charge is 0.352 e. The highest BCUT2D eigenvalue weighted by Gasteiger charge is 2.41. The summed E-state index contributed by atoms with van der Waals surface area (Å²) in [6.07, 6.45) is 6.57. The molecule has 1 N–H and O–H groups in total. The van der Waals surface area contributed by atoms with Gasteiger partial charge < -0.3 is 14.8 Å². The Kier molecular flexibility index (Phi) is 4.90. The first-order chi connectivity index (χ1) is 13.2. The Hall–Kier alpha value is -2.73. The molecule has 0 saturated carbocycles. The number of nitrogens with zero attached hydrogens (tertiary/aromatic N) is 4. The molecule has 0 amide bonds. The summed E-state index contributed by atoms with van der Waals surface area (Å²) in [4.78, 5) is 11.2. The van der Waals surface area contributed by atoms with Crippen LogP contribution in [0.5, 0.6) is 0 Å². The third kappa shape index (κ3) is 3.21. The van der Waals surface area contributed by atoms with E-state index >= 15 is 0 Å². The lowest BCUT2D eigenvalue weighted by Gasteiger charge is -2.29. The molecule has 1 aliphatic rings. The quantitative estimate of drug-likeness (QED) is 0.682. The number of thiocarbonyl (C=S) groups is 1. The average Bonchev–Trinajstić information content (AvgIpc) is 3.23. The highest BCUT2D eigenvalue weighted by Crippen LogP contribution is 2.40.